The highest BCUT2D eigenvalue weighted by molar-refractivity contribution is 7.22. The molecule has 0 radical (unpaired) electrons. The predicted molar refractivity (Wildman–Crippen MR) is 181 cm³/mol. The van der Waals surface area contributed by atoms with Crippen molar-refractivity contribution in [2.24, 2.45) is 0 Å². The number of fused-ring (bicyclic) bond motifs is 2. The SMILES string of the molecule is CC(=O)c1cc(-c2cc3sc(N4CCOCC4)nc3nc2[C@@H](Cc2cc(F)cc(F)c2)NC(=O)Cn2nc(C(F)F)c3c2C(F)(F)CCC3(F)F)ccc1F. The van der Waals surface area contributed by atoms with Crippen molar-refractivity contribution in [3.63, 3.8) is 0 Å². The Kier molecular flexibility index (Phi) is 10.1. The molecule has 1 fully saturated rings. The van der Waals surface area contributed by atoms with Crippen molar-refractivity contribution in [1.29, 1.82) is 0 Å². The van der Waals surface area contributed by atoms with E-state index in [0.717, 1.165) is 25.1 Å². The van der Waals surface area contributed by atoms with Gasteiger partial charge in [0.1, 0.15) is 35.4 Å². The quantitative estimate of drug-likeness (QED) is 0.113. The molecular weight excluding hydrogens is 767 g/mol. The minimum absolute atomic E-state index is 0.0194. The number of aromatic nitrogens is 4. The molecule has 19 heteroatoms. The van der Waals surface area contributed by atoms with Crippen LogP contribution in [0.15, 0.2) is 42.5 Å². The van der Waals surface area contributed by atoms with Gasteiger partial charge >= 0.3 is 0 Å². The fraction of sp³-hybridized carbons (Fsp3) is 0.361. The van der Waals surface area contributed by atoms with Crippen LogP contribution in [0.2, 0.25) is 0 Å². The number of morpholine rings is 1. The number of Topliss-reactive ketones (excluding diaryl/α,β-unsaturated/α-hetero) is 1. The summed E-state index contributed by atoms with van der Waals surface area (Å²) in [7, 11) is 0. The predicted octanol–water partition coefficient (Wildman–Crippen LogP) is 8.03. The first kappa shape index (κ1) is 38.2. The van der Waals surface area contributed by atoms with Crippen molar-refractivity contribution >= 4 is 38.5 Å². The van der Waals surface area contributed by atoms with Gasteiger partial charge in [-0.3, -0.25) is 14.3 Å². The summed E-state index contributed by atoms with van der Waals surface area (Å²) in [6.45, 7) is 1.80. The maximum absolute atomic E-state index is 15.1. The maximum Gasteiger partial charge on any atom is 0.290 e. The first-order chi connectivity index (χ1) is 26.0. The Balaban J connectivity index is 1.36. The zero-order chi connectivity index (χ0) is 39.4. The molecule has 1 atom stereocenters. The lowest BCUT2D eigenvalue weighted by molar-refractivity contribution is -0.123. The summed E-state index contributed by atoms with van der Waals surface area (Å²) in [5.74, 6) is -12.7. The number of halogens is 9. The lowest BCUT2D eigenvalue weighted by atomic mass is 9.89. The standard InChI is InChI=1S/C36H29F9N6O3S/c1-17(52)22-13-19(2-3-24(22)39)23-15-26-33(48-34(55-26)50-6-8-54-9-7-50)47-29(23)25(12-18-10-20(37)14-21(38)11-18)46-27(53)16-51-31-28(30(49-51)32(40)41)35(42,43)4-5-36(31,44)45/h2-3,10-11,13-15,25,32H,4-9,12,16H2,1H3,(H,46,53)/t25-/m1/s1. The minimum Gasteiger partial charge on any atom is -0.378 e. The Hall–Kier alpha value is -5.04. The Morgan fingerprint density at radius 1 is 0.927 bits per heavy atom. The van der Waals surface area contributed by atoms with E-state index in [0.29, 0.717) is 42.2 Å². The average Bonchev–Trinajstić information content (AvgIpc) is 3.73. The highest BCUT2D eigenvalue weighted by Crippen LogP contribution is 2.52. The summed E-state index contributed by atoms with van der Waals surface area (Å²) in [6.07, 6.45) is -6.92. The topological polar surface area (TPSA) is 102 Å². The average molecular weight is 797 g/mol. The van der Waals surface area contributed by atoms with Crippen LogP contribution in [-0.2, 0) is 34.3 Å². The molecule has 0 unspecified atom stereocenters. The monoisotopic (exact) mass is 796 g/mol. The van der Waals surface area contributed by atoms with Crippen LogP contribution >= 0.6 is 11.3 Å². The van der Waals surface area contributed by atoms with E-state index in [2.05, 4.69) is 15.4 Å². The van der Waals surface area contributed by atoms with Crippen LogP contribution < -0.4 is 10.2 Å². The number of thiazole rings is 1. The Labute approximate surface area is 310 Å². The largest absolute Gasteiger partial charge is 0.378 e. The maximum atomic E-state index is 15.1. The van der Waals surface area contributed by atoms with Gasteiger partial charge in [0.25, 0.3) is 18.3 Å². The van der Waals surface area contributed by atoms with Crippen LogP contribution in [-0.4, -0.2) is 57.7 Å². The number of nitrogens with one attached hydrogen (secondary N) is 1. The number of ether oxygens (including phenoxy) is 1. The molecular formula is C36H29F9N6O3S. The number of rotatable bonds is 10. The second-order valence-corrected chi connectivity index (χ2v) is 14.2. The molecule has 1 saturated heterocycles. The van der Waals surface area contributed by atoms with Gasteiger partial charge in [-0.05, 0) is 54.8 Å². The van der Waals surface area contributed by atoms with E-state index in [1.165, 1.54) is 23.5 Å². The van der Waals surface area contributed by atoms with Crippen LogP contribution in [0, 0.1) is 17.5 Å². The molecule has 4 heterocycles. The second kappa shape index (κ2) is 14.6. The van der Waals surface area contributed by atoms with Crippen LogP contribution in [0.1, 0.15) is 70.8 Å². The van der Waals surface area contributed by atoms with E-state index in [9.17, 15) is 40.3 Å². The van der Waals surface area contributed by atoms with Gasteiger partial charge in [-0.15, -0.1) is 0 Å². The molecule has 2 aromatic carbocycles. The van der Waals surface area contributed by atoms with Crippen molar-refractivity contribution < 1.29 is 53.8 Å². The molecule has 0 spiro atoms. The summed E-state index contributed by atoms with van der Waals surface area (Å²) < 4.78 is 138. The number of ketones is 1. The number of hydrogen-bond donors (Lipinski definition) is 1. The normalized spacial score (nSPS) is 17.0. The van der Waals surface area contributed by atoms with Gasteiger partial charge in [-0.25, -0.2) is 35.7 Å². The molecule has 1 aliphatic heterocycles. The number of pyridine rings is 1. The van der Waals surface area contributed by atoms with E-state index in [1.807, 2.05) is 4.90 Å². The molecule has 0 bridgehead atoms. The third-order valence-corrected chi connectivity index (χ3v) is 10.4. The summed E-state index contributed by atoms with van der Waals surface area (Å²) in [4.78, 5) is 37.4. The molecule has 2 aliphatic rings. The molecule has 3 aromatic heterocycles. The van der Waals surface area contributed by atoms with Crippen LogP contribution in [0.5, 0.6) is 0 Å². The lowest BCUT2D eigenvalue weighted by Crippen LogP contribution is -2.37. The number of hydrogen-bond acceptors (Lipinski definition) is 8. The summed E-state index contributed by atoms with van der Waals surface area (Å²) >= 11 is 1.25. The van der Waals surface area contributed by atoms with Crippen molar-refractivity contribution in [1.82, 2.24) is 25.1 Å². The molecule has 1 N–H and O–H groups in total. The molecule has 55 heavy (non-hydrogen) atoms. The number of benzene rings is 2. The van der Waals surface area contributed by atoms with Gasteiger partial charge in [0.05, 0.1) is 40.8 Å². The minimum atomic E-state index is -4.09. The lowest BCUT2D eigenvalue weighted by Gasteiger charge is -2.29. The van der Waals surface area contributed by atoms with Crippen LogP contribution in [0.3, 0.4) is 0 Å². The highest BCUT2D eigenvalue weighted by Gasteiger charge is 2.55. The molecule has 0 saturated carbocycles. The van der Waals surface area contributed by atoms with Gasteiger partial charge < -0.3 is 15.0 Å². The summed E-state index contributed by atoms with van der Waals surface area (Å²) in [6, 6.07) is 6.37. The van der Waals surface area contributed by atoms with Gasteiger partial charge in [0.2, 0.25) is 5.91 Å². The van der Waals surface area contributed by atoms with Crippen LogP contribution in [0.4, 0.5) is 44.6 Å². The third-order valence-electron chi connectivity index (χ3n) is 9.31. The number of alkyl halides is 6. The fourth-order valence-corrected chi connectivity index (χ4v) is 7.81. The first-order valence-corrected chi connectivity index (χ1v) is 17.7. The molecule has 9 nitrogen and oxygen atoms in total. The van der Waals surface area contributed by atoms with Gasteiger partial charge in [-0.1, -0.05) is 17.4 Å². The fourth-order valence-electron chi connectivity index (χ4n) is 6.81. The zero-order valence-electron chi connectivity index (χ0n) is 28.6. The molecule has 7 rings (SSSR count). The zero-order valence-corrected chi connectivity index (χ0v) is 29.4. The Morgan fingerprint density at radius 2 is 1.62 bits per heavy atom. The van der Waals surface area contributed by atoms with Crippen molar-refractivity contribution in [3.05, 3.63) is 93.7 Å². The number of anilines is 1. The Bertz CT molecular complexity index is 2290. The smallest absolute Gasteiger partial charge is 0.290 e. The molecule has 290 valence electrons. The van der Waals surface area contributed by atoms with E-state index < -0.39 is 96.2 Å². The van der Waals surface area contributed by atoms with E-state index in [1.54, 1.807) is 6.07 Å². The van der Waals surface area contributed by atoms with Crippen molar-refractivity contribution in [2.75, 3.05) is 31.2 Å². The van der Waals surface area contributed by atoms with Gasteiger partial charge in [0.15, 0.2) is 16.6 Å². The van der Waals surface area contributed by atoms with E-state index in [-0.39, 0.29) is 38.3 Å². The van der Waals surface area contributed by atoms with Crippen molar-refractivity contribution in [3.8, 4) is 11.1 Å². The number of carbonyl (C=O) groups is 2. The van der Waals surface area contributed by atoms with Gasteiger partial charge in [-0.2, -0.15) is 18.9 Å². The van der Waals surface area contributed by atoms with E-state index >= 15 is 8.78 Å². The Morgan fingerprint density at radius 3 is 2.29 bits per heavy atom. The van der Waals surface area contributed by atoms with Gasteiger partial charge in [0, 0.05) is 37.6 Å². The summed E-state index contributed by atoms with van der Waals surface area (Å²) in [5, 5.41) is 6.43. The number of carbonyl (C=O) groups excluding carboxylic acids is 2. The van der Waals surface area contributed by atoms with Crippen molar-refractivity contribution in [2.45, 2.75) is 57.0 Å². The highest BCUT2D eigenvalue weighted by atomic mass is 32.1. The van der Waals surface area contributed by atoms with E-state index in [4.69, 9.17) is 9.72 Å². The number of amides is 1. The second-order valence-electron chi connectivity index (χ2n) is 13.2. The summed E-state index contributed by atoms with van der Waals surface area (Å²) in [5.41, 5.74) is -4.51. The molecule has 1 aliphatic carbocycles. The first-order valence-electron chi connectivity index (χ1n) is 16.9. The third kappa shape index (κ3) is 7.63. The molecule has 1 amide bonds. The number of nitrogens with zero attached hydrogens (tertiary/aromatic N) is 5. The molecule has 5 aromatic rings. The van der Waals surface area contributed by atoms with Crippen LogP contribution in [0.25, 0.3) is 21.5 Å².